The van der Waals surface area contributed by atoms with E-state index in [9.17, 15) is 9.18 Å². The Kier molecular flexibility index (Phi) is 5.63. The van der Waals surface area contributed by atoms with Crippen LogP contribution in [0.4, 0.5) is 10.1 Å². The third kappa shape index (κ3) is 3.76. The lowest BCUT2D eigenvalue weighted by Gasteiger charge is -2.36. The zero-order valence-corrected chi connectivity index (χ0v) is 14.3. The number of anilines is 1. The molecule has 1 atom stereocenters. The van der Waals surface area contributed by atoms with Gasteiger partial charge in [0.2, 0.25) is 5.91 Å². The minimum atomic E-state index is -0.438. The Bertz CT molecular complexity index is 504. The third-order valence-electron chi connectivity index (χ3n) is 3.93. The normalized spacial score (nSPS) is 22.1. The van der Waals surface area contributed by atoms with Gasteiger partial charge in [0.1, 0.15) is 5.82 Å². The first-order valence-electron chi connectivity index (χ1n) is 7.15. The first-order chi connectivity index (χ1) is 9.98. The van der Waals surface area contributed by atoms with Crippen molar-refractivity contribution in [2.24, 2.45) is 5.41 Å². The third-order valence-corrected chi connectivity index (χ3v) is 4.85. The van der Waals surface area contributed by atoms with Crippen LogP contribution < -0.4 is 10.6 Å². The van der Waals surface area contributed by atoms with Gasteiger partial charge in [0.15, 0.2) is 0 Å². The van der Waals surface area contributed by atoms with Crippen molar-refractivity contribution in [2.75, 3.05) is 18.4 Å². The predicted molar refractivity (Wildman–Crippen MR) is 87.2 cm³/mol. The predicted octanol–water partition coefficient (Wildman–Crippen LogP) is 4.35. The van der Waals surface area contributed by atoms with E-state index in [2.05, 4.69) is 33.5 Å². The van der Waals surface area contributed by atoms with Crippen LogP contribution in [0, 0.1) is 11.2 Å². The molecule has 0 aliphatic carbocycles. The molecule has 2 rings (SSSR count). The van der Waals surface area contributed by atoms with E-state index in [1.165, 1.54) is 12.1 Å². The molecule has 0 radical (unpaired) electrons. The van der Waals surface area contributed by atoms with Gasteiger partial charge in [0.05, 0.1) is 16.1 Å². The number of carbonyl (C=O) groups excluding carboxylic acids is 1. The molecule has 1 aromatic carbocycles. The number of halogens is 3. The van der Waals surface area contributed by atoms with E-state index in [4.69, 9.17) is 11.6 Å². The largest absolute Gasteiger partial charge is 0.323 e. The number of piperidine rings is 1. The van der Waals surface area contributed by atoms with E-state index in [1.54, 1.807) is 0 Å². The van der Waals surface area contributed by atoms with Crippen LogP contribution in [0.15, 0.2) is 16.6 Å². The van der Waals surface area contributed by atoms with Crippen molar-refractivity contribution in [3.05, 3.63) is 27.4 Å². The SMILES string of the molecule is CCCC1(C(=O)Nc2c(Cl)cc(F)cc2Br)CCCNC1. The number of amides is 1. The van der Waals surface area contributed by atoms with Gasteiger partial charge in [-0.3, -0.25) is 4.79 Å². The molecule has 116 valence electrons. The first kappa shape index (κ1) is 16.7. The molecule has 6 heteroatoms. The fourth-order valence-electron chi connectivity index (χ4n) is 2.87. The second-order valence-corrected chi connectivity index (χ2v) is 6.77. The number of rotatable bonds is 4. The molecule has 1 heterocycles. The van der Waals surface area contributed by atoms with Crippen molar-refractivity contribution >= 4 is 39.1 Å². The minimum Gasteiger partial charge on any atom is -0.323 e. The maximum absolute atomic E-state index is 13.3. The highest BCUT2D eigenvalue weighted by atomic mass is 79.9. The number of benzene rings is 1. The average molecular weight is 378 g/mol. The van der Waals surface area contributed by atoms with E-state index in [1.807, 2.05) is 0 Å². The minimum absolute atomic E-state index is 0.0502. The van der Waals surface area contributed by atoms with Crippen LogP contribution in [-0.2, 0) is 4.79 Å². The molecule has 3 nitrogen and oxygen atoms in total. The molecule has 1 aromatic rings. The summed E-state index contributed by atoms with van der Waals surface area (Å²) in [7, 11) is 0. The van der Waals surface area contributed by atoms with Crippen LogP contribution in [0.3, 0.4) is 0 Å². The molecule has 2 N–H and O–H groups in total. The number of nitrogens with one attached hydrogen (secondary N) is 2. The molecule has 1 aliphatic rings. The van der Waals surface area contributed by atoms with Crippen molar-refractivity contribution < 1.29 is 9.18 Å². The van der Waals surface area contributed by atoms with Gasteiger partial charge in [0, 0.05) is 11.0 Å². The van der Waals surface area contributed by atoms with Gasteiger partial charge in [0.25, 0.3) is 0 Å². The molecule has 0 saturated carbocycles. The lowest BCUT2D eigenvalue weighted by Crippen LogP contribution is -2.48. The van der Waals surface area contributed by atoms with Crippen LogP contribution in [0.2, 0.25) is 5.02 Å². The summed E-state index contributed by atoms with van der Waals surface area (Å²) >= 11 is 9.29. The maximum Gasteiger partial charge on any atom is 0.231 e. The van der Waals surface area contributed by atoms with Crippen molar-refractivity contribution in [3.8, 4) is 0 Å². The Morgan fingerprint density at radius 1 is 1.57 bits per heavy atom. The van der Waals surface area contributed by atoms with Crippen LogP contribution in [0.25, 0.3) is 0 Å². The monoisotopic (exact) mass is 376 g/mol. The summed E-state index contributed by atoms with van der Waals surface area (Å²) in [6.07, 6.45) is 3.59. The molecule has 1 unspecified atom stereocenters. The molecule has 0 aromatic heterocycles. The van der Waals surface area contributed by atoms with Crippen LogP contribution in [-0.4, -0.2) is 19.0 Å². The van der Waals surface area contributed by atoms with Crippen molar-refractivity contribution in [2.45, 2.75) is 32.6 Å². The van der Waals surface area contributed by atoms with Gasteiger partial charge in [-0.1, -0.05) is 24.9 Å². The van der Waals surface area contributed by atoms with E-state index in [0.717, 1.165) is 32.2 Å². The maximum atomic E-state index is 13.3. The summed E-state index contributed by atoms with van der Waals surface area (Å²) in [5.74, 6) is -0.488. The Labute approximate surface area is 137 Å². The Hall–Kier alpha value is -0.650. The highest BCUT2D eigenvalue weighted by molar-refractivity contribution is 9.10. The second kappa shape index (κ2) is 7.07. The van der Waals surface area contributed by atoms with Gasteiger partial charge < -0.3 is 10.6 Å². The standard InChI is InChI=1S/C15H19BrClFN2O/c1-2-4-15(5-3-6-19-9-15)14(21)20-13-11(16)7-10(18)8-12(13)17/h7-8,19H,2-6,9H2,1H3,(H,20,21). The second-order valence-electron chi connectivity index (χ2n) is 5.51. The van der Waals surface area contributed by atoms with E-state index < -0.39 is 11.2 Å². The van der Waals surface area contributed by atoms with Gasteiger partial charge in [-0.25, -0.2) is 4.39 Å². The smallest absolute Gasteiger partial charge is 0.231 e. The molecule has 21 heavy (non-hydrogen) atoms. The summed E-state index contributed by atoms with van der Waals surface area (Å²) in [5.41, 5.74) is 0.0218. The van der Waals surface area contributed by atoms with Gasteiger partial charge >= 0.3 is 0 Å². The van der Waals surface area contributed by atoms with Gasteiger partial charge in [-0.15, -0.1) is 0 Å². The molecule has 1 amide bonds. The lowest BCUT2D eigenvalue weighted by molar-refractivity contribution is -0.127. The number of hydrogen-bond acceptors (Lipinski definition) is 2. The molecule has 1 aliphatic heterocycles. The first-order valence-corrected chi connectivity index (χ1v) is 8.32. The highest BCUT2D eigenvalue weighted by Crippen LogP contribution is 2.36. The zero-order valence-electron chi connectivity index (χ0n) is 11.9. The lowest BCUT2D eigenvalue weighted by atomic mass is 9.76. The van der Waals surface area contributed by atoms with Crippen molar-refractivity contribution in [1.29, 1.82) is 0 Å². The molecule has 0 spiro atoms. The molecule has 1 fully saturated rings. The average Bonchev–Trinajstić information content (AvgIpc) is 2.44. The van der Waals surface area contributed by atoms with Crippen molar-refractivity contribution in [1.82, 2.24) is 5.32 Å². The summed E-state index contributed by atoms with van der Waals surface area (Å²) in [6.45, 7) is 3.69. The summed E-state index contributed by atoms with van der Waals surface area (Å²) < 4.78 is 13.7. The van der Waals surface area contributed by atoms with Crippen LogP contribution >= 0.6 is 27.5 Å². The Morgan fingerprint density at radius 2 is 2.33 bits per heavy atom. The Balaban J connectivity index is 2.23. The summed E-state index contributed by atoms with van der Waals surface area (Å²) in [4.78, 5) is 12.7. The van der Waals surface area contributed by atoms with Gasteiger partial charge in [-0.05, 0) is 53.9 Å². The quantitative estimate of drug-likeness (QED) is 0.819. The zero-order chi connectivity index (χ0) is 15.5. The van der Waals surface area contributed by atoms with Crippen LogP contribution in [0.5, 0.6) is 0 Å². The van der Waals surface area contributed by atoms with Crippen molar-refractivity contribution in [3.63, 3.8) is 0 Å². The van der Waals surface area contributed by atoms with E-state index in [-0.39, 0.29) is 10.9 Å². The Morgan fingerprint density at radius 3 is 2.90 bits per heavy atom. The number of hydrogen-bond donors (Lipinski definition) is 2. The summed E-state index contributed by atoms with van der Waals surface area (Å²) in [6, 6.07) is 2.50. The highest BCUT2D eigenvalue weighted by Gasteiger charge is 2.39. The molecule has 1 saturated heterocycles. The molecular weight excluding hydrogens is 359 g/mol. The fraction of sp³-hybridized carbons (Fsp3) is 0.533. The van der Waals surface area contributed by atoms with E-state index >= 15 is 0 Å². The number of carbonyl (C=O) groups is 1. The molecule has 0 bridgehead atoms. The van der Waals surface area contributed by atoms with E-state index in [0.29, 0.717) is 16.7 Å². The molecular formula is C15H19BrClFN2O. The summed E-state index contributed by atoms with van der Waals surface area (Å²) in [5, 5.41) is 6.38. The topological polar surface area (TPSA) is 41.1 Å². The fourth-order valence-corrected chi connectivity index (χ4v) is 3.77. The van der Waals surface area contributed by atoms with Crippen LogP contribution in [0.1, 0.15) is 32.6 Å². The van der Waals surface area contributed by atoms with Gasteiger partial charge in [-0.2, -0.15) is 0 Å².